The van der Waals surface area contributed by atoms with Gasteiger partial charge < -0.3 is 19.8 Å². The van der Waals surface area contributed by atoms with E-state index in [1.54, 1.807) is 6.92 Å². The second kappa shape index (κ2) is 9.00. The van der Waals surface area contributed by atoms with Crippen LogP contribution in [0.1, 0.15) is 5.82 Å². The summed E-state index contributed by atoms with van der Waals surface area (Å²) in [6, 6.07) is 6.32. The first-order valence-corrected chi connectivity index (χ1v) is 10.1. The van der Waals surface area contributed by atoms with Crippen LogP contribution in [0.5, 0.6) is 0 Å². The zero-order valence-corrected chi connectivity index (χ0v) is 16.4. The fraction of sp³-hybridized carbons (Fsp3) is 0.600. The van der Waals surface area contributed by atoms with Gasteiger partial charge in [0.05, 0.1) is 43.4 Å². The Morgan fingerprint density at radius 2 is 2.07 bits per heavy atom. The average molecular weight is 387 g/mol. The molecule has 0 aliphatic carbocycles. The molecule has 2 fully saturated rings. The Morgan fingerprint density at radius 3 is 2.82 bits per heavy atom. The van der Waals surface area contributed by atoms with Crippen LogP contribution in [0.3, 0.4) is 0 Å². The summed E-state index contributed by atoms with van der Waals surface area (Å²) in [6.07, 6.45) is 0. The molecular formula is C20H29N5O3. The molecule has 2 aliphatic heterocycles. The molecule has 8 heteroatoms. The number of nitrogens with one attached hydrogen (secondary N) is 2. The maximum Gasteiger partial charge on any atom is 0.260 e. The maximum atomic E-state index is 12.2. The maximum absolute atomic E-state index is 12.2. The lowest BCUT2D eigenvalue weighted by Gasteiger charge is -2.42. The summed E-state index contributed by atoms with van der Waals surface area (Å²) in [5, 5.41) is 3.90. The molecule has 1 aromatic heterocycles. The molecule has 0 amide bonds. The third-order valence-electron chi connectivity index (χ3n) is 5.51. The van der Waals surface area contributed by atoms with Crippen molar-refractivity contribution < 1.29 is 9.47 Å². The molecule has 0 atom stereocenters. The molecule has 152 valence electrons. The molecule has 0 saturated carbocycles. The first kappa shape index (κ1) is 19.3. The van der Waals surface area contributed by atoms with Gasteiger partial charge in [0.1, 0.15) is 5.82 Å². The molecule has 2 N–H and O–H groups in total. The van der Waals surface area contributed by atoms with Crippen LogP contribution in [0, 0.1) is 6.92 Å². The summed E-state index contributed by atoms with van der Waals surface area (Å²) < 4.78 is 11.1. The smallest absolute Gasteiger partial charge is 0.260 e. The molecule has 2 aliphatic rings. The Balaban J connectivity index is 1.16. The third-order valence-corrected chi connectivity index (χ3v) is 5.51. The number of rotatable bonds is 8. The van der Waals surface area contributed by atoms with Crippen molar-refractivity contribution in [2.75, 3.05) is 71.0 Å². The lowest BCUT2D eigenvalue weighted by molar-refractivity contribution is -0.0778. The van der Waals surface area contributed by atoms with Gasteiger partial charge in [0.25, 0.3) is 5.56 Å². The number of anilines is 1. The molecule has 0 bridgehead atoms. The van der Waals surface area contributed by atoms with Gasteiger partial charge in [-0.25, -0.2) is 4.98 Å². The van der Waals surface area contributed by atoms with E-state index in [-0.39, 0.29) is 5.56 Å². The predicted octanol–water partition coefficient (Wildman–Crippen LogP) is 0.676. The molecule has 0 unspecified atom stereocenters. The van der Waals surface area contributed by atoms with Crippen LogP contribution in [0.2, 0.25) is 0 Å². The monoisotopic (exact) mass is 387 g/mol. The van der Waals surface area contributed by atoms with E-state index in [1.165, 1.54) is 0 Å². The lowest BCUT2D eigenvalue weighted by atomic mass is 10.2. The van der Waals surface area contributed by atoms with Crippen LogP contribution in [-0.2, 0) is 9.47 Å². The van der Waals surface area contributed by atoms with E-state index in [2.05, 4.69) is 25.1 Å². The second-order valence-corrected chi connectivity index (χ2v) is 7.46. The largest absolute Gasteiger partial charge is 0.382 e. The average Bonchev–Trinajstić information content (AvgIpc) is 2.64. The number of piperazine rings is 1. The van der Waals surface area contributed by atoms with Crippen molar-refractivity contribution in [1.29, 1.82) is 0 Å². The molecule has 0 spiro atoms. The van der Waals surface area contributed by atoms with Gasteiger partial charge in [0, 0.05) is 45.0 Å². The van der Waals surface area contributed by atoms with Gasteiger partial charge in [-0.05, 0) is 19.1 Å². The number of hydrogen-bond donors (Lipinski definition) is 2. The predicted molar refractivity (Wildman–Crippen MR) is 109 cm³/mol. The molecule has 8 nitrogen and oxygen atoms in total. The number of H-pyrrole nitrogens is 1. The number of ether oxygens (including phenoxy) is 2. The van der Waals surface area contributed by atoms with E-state index in [0.29, 0.717) is 35.9 Å². The van der Waals surface area contributed by atoms with E-state index in [0.717, 1.165) is 58.2 Å². The van der Waals surface area contributed by atoms with Crippen molar-refractivity contribution in [1.82, 2.24) is 19.8 Å². The minimum atomic E-state index is -0.112. The van der Waals surface area contributed by atoms with Crippen molar-refractivity contribution in [2.24, 2.45) is 0 Å². The second-order valence-electron chi connectivity index (χ2n) is 7.46. The molecule has 4 rings (SSSR count). The van der Waals surface area contributed by atoms with Crippen molar-refractivity contribution in [3.8, 4) is 0 Å². The van der Waals surface area contributed by atoms with E-state index in [4.69, 9.17) is 9.47 Å². The van der Waals surface area contributed by atoms with E-state index >= 15 is 0 Å². The SMILES string of the molecule is Cc1nc2cccc(NCCOCCN3CCN(C4COC4)CC3)c2c(=O)[nH]1. The van der Waals surface area contributed by atoms with Crippen LogP contribution in [0.4, 0.5) is 5.69 Å². The molecule has 0 radical (unpaired) electrons. The standard InChI is InChI=1S/C20H29N5O3/c1-15-22-18-4-2-3-17(19(18)20(26)23-15)21-5-11-27-12-10-24-6-8-25(9-7-24)16-13-28-14-16/h2-4,16,21H,5-14H2,1H3,(H,22,23,26). The lowest BCUT2D eigenvalue weighted by Crippen LogP contribution is -2.56. The molecule has 2 saturated heterocycles. The molecule has 3 heterocycles. The summed E-state index contributed by atoms with van der Waals surface area (Å²) in [6.45, 7) is 11.0. The quantitative estimate of drug-likeness (QED) is 0.645. The first-order valence-electron chi connectivity index (χ1n) is 10.1. The highest BCUT2D eigenvalue weighted by Crippen LogP contribution is 2.18. The Hall–Kier alpha value is -2.00. The summed E-state index contributed by atoms with van der Waals surface area (Å²) in [7, 11) is 0. The van der Waals surface area contributed by atoms with Gasteiger partial charge in [-0.15, -0.1) is 0 Å². The number of aryl methyl sites for hydroxylation is 1. The highest BCUT2D eigenvalue weighted by atomic mass is 16.5. The van der Waals surface area contributed by atoms with Crippen LogP contribution < -0.4 is 10.9 Å². The molecular weight excluding hydrogens is 358 g/mol. The number of benzene rings is 1. The molecule has 28 heavy (non-hydrogen) atoms. The van der Waals surface area contributed by atoms with Gasteiger partial charge in [-0.2, -0.15) is 0 Å². The van der Waals surface area contributed by atoms with Crippen LogP contribution in [0.25, 0.3) is 10.9 Å². The van der Waals surface area contributed by atoms with Crippen molar-refractivity contribution in [3.63, 3.8) is 0 Å². The van der Waals surface area contributed by atoms with E-state index in [1.807, 2.05) is 18.2 Å². The number of fused-ring (bicyclic) bond motifs is 1. The third kappa shape index (κ3) is 4.52. The Kier molecular flexibility index (Phi) is 6.21. The van der Waals surface area contributed by atoms with Crippen molar-refractivity contribution in [2.45, 2.75) is 13.0 Å². The number of aromatic amines is 1. The molecule has 1 aromatic carbocycles. The van der Waals surface area contributed by atoms with E-state index in [9.17, 15) is 4.79 Å². The van der Waals surface area contributed by atoms with Crippen molar-refractivity contribution in [3.05, 3.63) is 34.4 Å². The fourth-order valence-electron chi connectivity index (χ4n) is 3.79. The number of hydrogen-bond acceptors (Lipinski definition) is 7. The normalized spacial score (nSPS) is 19.0. The Bertz CT molecular complexity index is 843. The van der Waals surface area contributed by atoms with Gasteiger partial charge in [-0.3, -0.25) is 14.6 Å². The van der Waals surface area contributed by atoms with Crippen LogP contribution >= 0.6 is 0 Å². The molecule has 2 aromatic rings. The zero-order chi connectivity index (χ0) is 19.3. The first-order chi connectivity index (χ1) is 13.7. The Labute approximate surface area is 164 Å². The number of nitrogens with zero attached hydrogens (tertiary/aromatic N) is 3. The van der Waals surface area contributed by atoms with Gasteiger partial charge in [0.2, 0.25) is 0 Å². The number of aromatic nitrogens is 2. The van der Waals surface area contributed by atoms with E-state index < -0.39 is 0 Å². The highest BCUT2D eigenvalue weighted by Gasteiger charge is 2.28. The summed E-state index contributed by atoms with van der Waals surface area (Å²) in [4.78, 5) is 24.4. The minimum Gasteiger partial charge on any atom is -0.382 e. The van der Waals surface area contributed by atoms with Crippen LogP contribution in [0.15, 0.2) is 23.0 Å². The Morgan fingerprint density at radius 1 is 1.25 bits per heavy atom. The van der Waals surface area contributed by atoms with Crippen molar-refractivity contribution >= 4 is 16.6 Å². The van der Waals surface area contributed by atoms with Gasteiger partial charge >= 0.3 is 0 Å². The fourth-order valence-corrected chi connectivity index (χ4v) is 3.79. The van der Waals surface area contributed by atoms with Gasteiger partial charge in [0.15, 0.2) is 0 Å². The minimum absolute atomic E-state index is 0.112. The summed E-state index contributed by atoms with van der Waals surface area (Å²) in [5.74, 6) is 0.625. The highest BCUT2D eigenvalue weighted by molar-refractivity contribution is 5.90. The summed E-state index contributed by atoms with van der Waals surface area (Å²) >= 11 is 0. The topological polar surface area (TPSA) is 82.7 Å². The van der Waals surface area contributed by atoms with Crippen LogP contribution in [-0.4, -0.2) is 91.5 Å². The van der Waals surface area contributed by atoms with Gasteiger partial charge in [-0.1, -0.05) is 6.07 Å². The summed E-state index contributed by atoms with van der Waals surface area (Å²) in [5.41, 5.74) is 1.39. The zero-order valence-electron chi connectivity index (χ0n) is 16.4.